The Morgan fingerprint density at radius 3 is 2.50 bits per heavy atom. The van der Waals surface area contributed by atoms with Gasteiger partial charge in [-0.2, -0.15) is 10.1 Å². The SMILES string of the molecule is COc1ccc(CNc2nncc(NCCCc3ccccc3)n2)cc1OC. The predicted octanol–water partition coefficient (Wildman–Crippen LogP) is 3.55. The summed E-state index contributed by atoms with van der Waals surface area (Å²) in [6.07, 6.45) is 3.67. The molecule has 0 saturated carbocycles. The number of aryl methyl sites for hydroxylation is 1. The van der Waals surface area contributed by atoms with Crippen LogP contribution < -0.4 is 20.1 Å². The molecule has 7 nitrogen and oxygen atoms in total. The van der Waals surface area contributed by atoms with Gasteiger partial charge in [-0.05, 0) is 36.1 Å². The highest BCUT2D eigenvalue weighted by Crippen LogP contribution is 2.27. The molecule has 1 aromatic heterocycles. The summed E-state index contributed by atoms with van der Waals surface area (Å²) in [4.78, 5) is 4.46. The van der Waals surface area contributed by atoms with Crippen molar-refractivity contribution >= 4 is 11.8 Å². The summed E-state index contributed by atoms with van der Waals surface area (Å²) < 4.78 is 10.6. The van der Waals surface area contributed by atoms with Gasteiger partial charge in [0.15, 0.2) is 11.5 Å². The minimum atomic E-state index is 0.475. The van der Waals surface area contributed by atoms with Crippen molar-refractivity contribution in [1.29, 1.82) is 0 Å². The van der Waals surface area contributed by atoms with Gasteiger partial charge in [0, 0.05) is 13.1 Å². The molecule has 0 bridgehead atoms. The zero-order valence-corrected chi connectivity index (χ0v) is 16.2. The second kappa shape index (κ2) is 10.1. The van der Waals surface area contributed by atoms with Gasteiger partial charge in [-0.3, -0.25) is 0 Å². The van der Waals surface area contributed by atoms with E-state index in [0.717, 1.165) is 24.9 Å². The van der Waals surface area contributed by atoms with E-state index in [1.54, 1.807) is 20.4 Å². The van der Waals surface area contributed by atoms with Crippen LogP contribution in [-0.4, -0.2) is 35.9 Å². The summed E-state index contributed by atoms with van der Waals surface area (Å²) in [6.45, 7) is 1.38. The van der Waals surface area contributed by atoms with Crippen LogP contribution >= 0.6 is 0 Å². The molecule has 28 heavy (non-hydrogen) atoms. The van der Waals surface area contributed by atoms with Crippen LogP contribution in [0.2, 0.25) is 0 Å². The van der Waals surface area contributed by atoms with Crippen LogP contribution in [0.25, 0.3) is 0 Å². The molecule has 146 valence electrons. The average molecular weight is 379 g/mol. The van der Waals surface area contributed by atoms with E-state index in [4.69, 9.17) is 9.47 Å². The number of anilines is 2. The normalized spacial score (nSPS) is 10.4. The van der Waals surface area contributed by atoms with Crippen molar-refractivity contribution in [2.24, 2.45) is 0 Å². The van der Waals surface area contributed by atoms with Gasteiger partial charge in [0.25, 0.3) is 0 Å². The molecule has 2 aromatic carbocycles. The molecule has 0 aliphatic carbocycles. The van der Waals surface area contributed by atoms with Gasteiger partial charge in [0.1, 0.15) is 5.82 Å². The molecular weight excluding hydrogens is 354 g/mol. The first kappa shape index (κ1) is 19.4. The van der Waals surface area contributed by atoms with Crippen LogP contribution in [0.15, 0.2) is 54.7 Å². The van der Waals surface area contributed by atoms with Gasteiger partial charge >= 0.3 is 0 Å². The Kier molecular flexibility index (Phi) is 7.01. The number of hydrogen-bond acceptors (Lipinski definition) is 7. The maximum absolute atomic E-state index is 5.33. The molecule has 0 aliphatic heterocycles. The van der Waals surface area contributed by atoms with Crippen LogP contribution in [-0.2, 0) is 13.0 Å². The van der Waals surface area contributed by atoms with Gasteiger partial charge in [-0.1, -0.05) is 36.4 Å². The molecule has 1 heterocycles. The van der Waals surface area contributed by atoms with Crippen molar-refractivity contribution in [1.82, 2.24) is 15.2 Å². The van der Waals surface area contributed by atoms with E-state index >= 15 is 0 Å². The number of methoxy groups -OCH3 is 2. The van der Waals surface area contributed by atoms with E-state index in [9.17, 15) is 0 Å². The Labute approximate surface area is 165 Å². The van der Waals surface area contributed by atoms with Crippen molar-refractivity contribution in [3.05, 3.63) is 65.9 Å². The number of rotatable bonds is 10. The molecule has 0 unspecified atom stereocenters. The first-order chi connectivity index (χ1) is 13.8. The fourth-order valence-corrected chi connectivity index (χ4v) is 2.79. The van der Waals surface area contributed by atoms with Crippen molar-refractivity contribution in [3.8, 4) is 11.5 Å². The maximum Gasteiger partial charge on any atom is 0.244 e. The summed E-state index contributed by atoms with van der Waals surface area (Å²) in [5.41, 5.74) is 2.37. The van der Waals surface area contributed by atoms with Crippen molar-refractivity contribution in [2.45, 2.75) is 19.4 Å². The van der Waals surface area contributed by atoms with Crippen LogP contribution in [0.1, 0.15) is 17.5 Å². The Balaban J connectivity index is 1.49. The minimum absolute atomic E-state index is 0.475. The van der Waals surface area contributed by atoms with Gasteiger partial charge in [0.05, 0.1) is 20.4 Å². The minimum Gasteiger partial charge on any atom is -0.493 e. The number of nitrogens with zero attached hydrogens (tertiary/aromatic N) is 3. The largest absolute Gasteiger partial charge is 0.493 e. The lowest BCUT2D eigenvalue weighted by Crippen LogP contribution is -2.09. The molecule has 0 fully saturated rings. The third-order valence-electron chi connectivity index (χ3n) is 4.25. The highest BCUT2D eigenvalue weighted by atomic mass is 16.5. The number of nitrogens with one attached hydrogen (secondary N) is 2. The molecule has 3 rings (SSSR count). The van der Waals surface area contributed by atoms with Crippen molar-refractivity contribution in [3.63, 3.8) is 0 Å². The lowest BCUT2D eigenvalue weighted by molar-refractivity contribution is 0.354. The quantitative estimate of drug-likeness (QED) is 0.521. The Bertz CT molecular complexity index is 874. The van der Waals surface area contributed by atoms with E-state index in [-0.39, 0.29) is 0 Å². The predicted molar refractivity (Wildman–Crippen MR) is 110 cm³/mol. The third kappa shape index (κ3) is 5.57. The smallest absolute Gasteiger partial charge is 0.244 e. The molecule has 0 spiro atoms. The fourth-order valence-electron chi connectivity index (χ4n) is 2.79. The van der Waals surface area contributed by atoms with E-state index in [1.165, 1.54) is 5.56 Å². The second-order valence-corrected chi connectivity index (χ2v) is 6.22. The lowest BCUT2D eigenvalue weighted by atomic mass is 10.1. The van der Waals surface area contributed by atoms with Crippen LogP contribution in [0.5, 0.6) is 11.5 Å². The Morgan fingerprint density at radius 2 is 1.71 bits per heavy atom. The first-order valence-corrected chi connectivity index (χ1v) is 9.21. The summed E-state index contributed by atoms with van der Waals surface area (Å²) in [7, 11) is 3.24. The highest BCUT2D eigenvalue weighted by molar-refractivity contribution is 5.44. The monoisotopic (exact) mass is 379 g/mol. The summed E-state index contributed by atoms with van der Waals surface area (Å²) in [5.74, 6) is 2.57. The first-order valence-electron chi connectivity index (χ1n) is 9.21. The molecule has 0 saturated heterocycles. The maximum atomic E-state index is 5.33. The molecular formula is C21H25N5O2. The van der Waals surface area contributed by atoms with E-state index < -0.39 is 0 Å². The van der Waals surface area contributed by atoms with Crippen molar-refractivity contribution < 1.29 is 9.47 Å². The van der Waals surface area contributed by atoms with Gasteiger partial charge in [0.2, 0.25) is 5.95 Å². The van der Waals surface area contributed by atoms with Gasteiger partial charge < -0.3 is 20.1 Å². The van der Waals surface area contributed by atoms with E-state index in [0.29, 0.717) is 29.8 Å². The molecule has 2 N–H and O–H groups in total. The summed E-state index contributed by atoms with van der Waals surface area (Å²) in [6, 6.07) is 16.2. The van der Waals surface area contributed by atoms with Crippen LogP contribution in [0.3, 0.4) is 0 Å². The second-order valence-electron chi connectivity index (χ2n) is 6.22. The zero-order valence-electron chi connectivity index (χ0n) is 16.2. The Morgan fingerprint density at radius 1 is 0.893 bits per heavy atom. The number of ether oxygens (including phenoxy) is 2. The summed E-state index contributed by atoms with van der Waals surface area (Å²) >= 11 is 0. The number of aromatic nitrogens is 3. The number of benzene rings is 2. The topological polar surface area (TPSA) is 81.2 Å². The zero-order chi connectivity index (χ0) is 19.6. The highest BCUT2D eigenvalue weighted by Gasteiger charge is 2.06. The van der Waals surface area contributed by atoms with E-state index in [2.05, 4.69) is 50.1 Å². The standard InChI is InChI=1S/C21H25N5O2/c1-27-18-11-10-17(13-19(18)28-2)14-23-21-25-20(15-24-26-21)22-12-6-9-16-7-4-3-5-8-16/h3-5,7-8,10-11,13,15H,6,9,12,14H2,1-2H3,(H2,22,23,25,26). The molecule has 0 aliphatic rings. The summed E-state index contributed by atoms with van der Waals surface area (Å²) in [5, 5.41) is 14.5. The average Bonchev–Trinajstić information content (AvgIpc) is 2.76. The third-order valence-corrected chi connectivity index (χ3v) is 4.25. The van der Waals surface area contributed by atoms with Crippen LogP contribution in [0, 0.1) is 0 Å². The Hall–Kier alpha value is -3.35. The molecule has 0 atom stereocenters. The van der Waals surface area contributed by atoms with Crippen molar-refractivity contribution in [2.75, 3.05) is 31.4 Å². The molecule has 0 amide bonds. The van der Waals surface area contributed by atoms with Crippen LogP contribution in [0.4, 0.5) is 11.8 Å². The molecule has 0 radical (unpaired) electrons. The van der Waals surface area contributed by atoms with Gasteiger partial charge in [-0.25, -0.2) is 0 Å². The van der Waals surface area contributed by atoms with E-state index in [1.807, 2.05) is 24.3 Å². The molecule has 7 heteroatoms. The lowest BCUT2D eigenvalue weighted by Gasteiger charge is -2.10. The number of hydrogen-bond donors (Lipinski definition) is 2. The van der Waals surface area contributed by atoms with Gasteiger partial charge in [-0.15, -0.1) is 5.10 Å². The fraction of sp³-hybridized carbons (Fsp3) is 0.286. The molecule has 3 aromatic rings.